The van der Waals surface area contributed by atoms with Crippen LogP contribution in [0.1, 0.15) is 43.7 Å². The van der Waals surface area contributed by atoms with Gasteiger partial charge >= 0.3 is 0 Å². The highest BCUT2D eigenvalue weighted by atomic mass is 16.2. The normalized spacial score (nSPS) is 32.6. The van der Waals surface area contributed by atoms with Gasteiger partial charge in [0.25, 0.3) is 0 Å². The lowest BCUT2D eigenvalue weighted by atomic mass is 9.91. The fourth-order valence-corrected chi connectivity index (χ4v) is 4.35. The highest BCUT2D eigenvalue weighted by Gasteiger charge is 2.58. The molecule has 3 heterocycles. The van der Waals surface area contributed by atoms with Crippen molar-refractivity contribution in [2.75, 3.05) is 7.05 Å². The van der Waals surface area contributed by atoms with Crippen molar-refractivity contribution in [3.8, 4) is 0 Å². The van der Waals surface area contributed by atoms with E-state index in [1.54, 1.807) is 17.3 Å². The maximum atomic E-state index is 13.0. The van der Waals surface area contributed by atoms with Gasteiger partial charge in [0.2, 0.25) is 11.8 Å². The van der Waals surface area contributed by atoms with Crippen LogP contribution in [-0.2, 0) is 9.59 Å². The minimum Gasteiger partial charge on any atom is -0.278 e. The second kappa shape index (κ2) is 5.69. The van der Waals surface area contributed by atoms with Crippen LogP contribution in [0.3, 0.4) is 0 Å². The summed E-state index contributed by atoms with van der Waals surface area (Å²) in [5, 5.41) is 1.81. The van der Waals surface area contributed by atoms with Crippen molar-refractivity contribution in [2.24, 2.45) is 5.92 Å². The second-order valence-corrected chi connectivity index (χ2v) is 6.81. The zero-order valence-corrected chi connectivity index (χ0v) is 13.3. The largest absolute Gasteiger partial charge is 0.278 e. The molecule has 1 aromatic rings. The van der Waals surface area contributed by atoms with Gasteiger partial charge in [-0.05, 0) is 24.5 Å². The van der Waals surface area contributed by atoms with Gasteiger partial charge in [-0.3, -0.25) is 19.5 Å². The Kier molecular flexibility index (Phi) is 3.66. The average Bonchev–Trinajstić information content (AvgIpc) is 3.06. The Balaban J connectivity index is 1.65. The fourth-order valence-electron chi connectivity index (χ4n) is 4.35. The van der Waals surface area contributed by atoms with Gasteiger partial charge in [0.1, 0.15) is 6.04 Å². The van der Waals surface area contributed by atoms with Crippen LogP contribution < -0.4 is 5.43 Å². The van der Waals surface area contributed by atoms with Crippen LogP contribution in [0, 0.1) is 5.92 Å². The molecule has 2 saturated heterocycles. The van der Waals surface area contributed by atoms with E-state index in [1.807, 2.05) is 24.2 Å². The Morgan fingerprint density at radius 3 is 2.65 bits per heavy atom. The van der Waals surface area contributed by atoms with Crippen molar-refractivity contribution in [2.45, 2.75) is 50.2 Å². The number of hydrazine groups is 1. The summed E-state index contributed by atoms with van der Waals surface area (Å²) in [5.41, 5.74) is 4.24. The first-order chi connectivity index (χ1) is 11.2. The summed E-state index contributed by atoms with van der Waals surface area (Å²) < 4.78 is 0. The molecule has 122 valence electrons. The number of nitrogens with zero attached hydrogens (tertiary/aromatic N) is 3. The summed E-state index contributed by atoms with van der Waals surface area (Å²) in [5.74, 6) is -0.399. The first-order valence-electron chi connectivity index (χ1n) is 8.44. The number of rotatable bonds is 2. The van der Waals surface area contributed by atoms with Gasteiger partial charge in [-0.2, -0.15) is 0 Å². The molecule has 3 fully saturated rings. The number of hydrogen-bond donors (Lipinski definition) is 1. The molecular weight excluding hydrogens is 292 g/mol. The summed E-state index contributed by atoms with van der Waals surface area (Å²) in [4.78, 5) is 31.7. The molecule has 1 saturated carbocycles. The number of aromatic nitrogens is 1. The molecule has 1 aromatic heterocycles. The summed E-state index contributed by atoms with van der Waals surface area (Å²) in [6.45, 7) is 0. The number of hydrogen-bond acceptors (Lipinski definition) is 5. The number of likely N-dealkylation sites (N-methyl/N-ethyl adjacent to an activating group) is 1. The van der Waals surface area contributed by atoms with Gasteiger partial charge in [0, 0.05) is 25.5 Å². The Hall–Kier alpha value is -1.79. The summed E-state index contributed by atoms with van der Waals surface area (Å²) in [7, 11) is 1.85. The van der Waals surface area contributed by atoms with E-state index >= 15 is 0 Å². The maximum Gasteiger partial charge on any atom is 0.249 e. The number of carbonyl (C=O) groups excluding carboxylic acids is 2. The van der Waals surface area contributed by atoms with Gasteiger partial charge in [-0.1, -0.05) is 25.3 Å². The number of fused-ring (bicyclic) bond motifs is 1. The highest BCUT2D eigenvalue weighted by molar-refractivity contribution is 6.08. The van der Waals surface area contributed by atoms with Crippen molar-refractivity contribution >= 4 is 11.8 Å². The van der Waals surface area contributed by atoms with Crippen LogP contribution in [0.25, 0.3) is 0 Å². The lowest BCUT2D eigenvalue weighted by Crippen LogP contribution is -2.47. The Labute approximate surface area is 135 Å². The fraction of sp³-hybridized carbons (Fsp3) is 0.588. The second-order valence-electron chi connectivity index (χ2n) is 6.81. The molecule has 23 heavy (non-hydrogen) atoms. The van der Waals surface area contributed by atoms with Crippen molar-refractivity contribution in [1.29, 1.82) is 0 Å². The zero-order chi connectivity index (χ0) is 16.0. The van der Waals surface area contributed by atoms with E-state index in [0.717, 1.165) is 31.2 Å². The molecule has 0 spiro atoms. The van der Waals surface area contributed by atoms with Crippen molar-refractivity contribution in [1.82, 2.24) is 20.3 Å². The first kappa shape index (κ1) is 14.8. The molecule has 1 aliphatic carbocycles. The third-order valence-electron chi connectivity index (χ3n) is 5.46. The van der Waals surface area contributed by atoms with Crippen LogP contribution in [0.5, 0.6) is 0 Å². The van der Waals surface area contributed by atoms with E-state index < -0.39 is 6.04 Å². The molecular formula is C17H22N4O2. The number of pyridine rings is 1. The number of nitrogens with one attached hydrogen (secondary N) is 1. The number of carbonyl (C=O) groups is 2. The topological polar surface area (TPSA) is 65.5 Å². The SMILES string of the molecule is CN1N[C@H](c2cccnc2)[C@H]2C(=O)N(C3CCCCC3)C(=O)[C@H]21. The lowest BCUT2D eigenvalue weighted by molar-refractivity contribution is -0.144. The van der Waals surface area contributed by atoms with Crippen LogP contribution in [-0.4, -0.2) is 45.8 Å². The molecule has 0 bridgehead atoms. The quantitative estimate of drug-likeness (QED) is 0.833. The number of amides is 2. The van der Waals surface area contributed by atoms with E-state index in [1.165, 1.54) is 6.42 Å². The Morgan fingerprint density at radius 2 is 1.96 bits per heavy atom. The van der Waals surface area contributed by atoms with E-state index in [2.05, 4.69) is 10.4 Å². The molecule has 2 amide bonds. The molecule has 2 aliphatic heterocycles. The van der Waals surface area contributed by atoms with E-state index in [4.69, 9.17) is 0 Å². The van der Waals surface area contributed by atoms with E-state index in [9.17, 15) is 9.59 Å². The number of likely N-dealkylation sites (tertiary alicyclic amines) is 1. The third kappa shape index (κ3) is 2.28. The maximum absolute atomic E-state index is 13.0. The number of imide groups is 1. The highest BCUT2D eigenvalue weighted by Crippen LogP contribution is 2.41. The van der Waals surface area contributed by atoms with Crippen LogP contribution in [0.2, 0.25) is 0 Å². The van der Waals surface area contributed by atoms with Gasteiger partial charge in [-0.15, -0.1) is 0 Å². The van der Waals surface area contributed by atoms with E-state index in [-0.39, 0.29) is 29.8 Å². The van der Waals surface area contributed by atoms with Gasteiger partial charge in [0.05, 0.1) is 12.0 Å². The van der Waals surface area contributed by atoms with Gasteiger partial charge in [0.15, 0.2) is 0 Å². The first-order valence-corrected chi connectivity index (χ1v) is 8.44. The van der Waals surface area contributed by atoms with Crippen LogP contribution in [0.4, 0.5) is 0 Å². The third-order valence-corrected chi connectivity index (χ3v) is 5.46. The molecule has 1 N–H and O–H groups in total. The summed E-state index contributed by atoms with van der Waals surface area (Å²) >= 11 is 0. The molecule has 4 rings (SSSR count). The predicted molar refractivity (Wildman–Crippen MR) is 83.9 cm³/mol. The molecule has 0 aromatic carbocycles. The van der Waals surface area contributed by atoms with Gasteiger partial charge < -0.3 is 0 Å². The zero-order valence-electron chi connectivity index (χ0n) is 13.3. The Morgan fingerprint density at radius 1 is 1.17 bits per heavy atom. The van der Waals surface area contributed by atoms with Crippen molar-refractivity contribution in [3.63, 3.8) is 0 Å². The van der Waals surface area contributed by atoms with Crippen molar-refractivity contribution < 1.29 is 9.59 Å². The molecule has 0 unspecified atom stereocenters. The van der Waals surface area contributed by atoms with Crippen LogP contribution >= 0.6 is 0 Å². The minimum absolute atomic E-state index is 0.0161. The Bertz CT molecular complexity index is 614. The lowest BCUT2D eigenvalue weighted by Gasteiger charge is -2.31. The molecule has 6 nitrogen and oxygen atoms in total. The molecule has 3 aliphatic rings. The molecule has 3 atom stereocenters. The molecule has 6 heteroatoms. The van der Waals surface area contributed by atoms with Gasteiger partial charge in [-0.25, -0.2) is 10.4 Å². The van der Waals surface area contributed by atoms with Crippen LogP contribution in [0.15, 0.2) is 24.5 Å². The molecule has 0 radical (unpaired) electrons. The monoisotopic (exact) mass is 314 g/mol. The summed E-state index contributed by atoms with van der Waals surface area (Å²) in [6.07, 6.45) is 8.81. The summed E-state index contributed by atoms with van der Waals surface area (Å²) in [6, 6.07) is 3.35. The van der Waals surface area contributed by atoms with E-state index in [0.29, 0.717) is 0 Å². The van der Waals surface area contributed by atoms with Crippen molar-refractivity contribution in [3.05, 3.63) is 30.1 Å². The standard InChI is InChI=1S/C17H22N4O2/c1-20-15-13(14(19-20)11-6-5-9-18-10-11)16(22)21(17(15)23)12-7-3-2-4-8-12/h5-6,9-10,12-15,19H,2-4,7-8H2,1H3/t13-,14-,15+/m1/s1. The average molecular weight is 314 g/mol. The predicted octanol–water partition coefficient (Wildman–Crippen LogP) is 1.26. The minimum atomic E-state index is -0.394. The smallest absolute Gasteiger partial charge is 0.249 e.